The van der Waals surface area contributed by atoms with Crippen molar-refractivity contribution in [2.45, 2.75) is 64.3 Å². The van der Waals surface area contributed by atoms with Gasteiger partial charge in [-0.1, -0.05) is 67.9 Å². The number of nitrogens with zero attached hydrogens (tertiary/aromatic N) is 4. The molecular formula is C34H40ClFN4O. The minimum absolute atomic E-state index is 0.0911. The molecule has 3 heterocycles. The van der Waals surface area contributed by atoms with Gasteiger partial charge in [0, 0.05) is 42.2 Å². The van der Waals surface area contributed by atoms with Crippen LogP contribution in [0.4, 0.5) is 4.39 Å². The van der Waals surface area contributed by atoms with E-state index in [1.54, 1.807) is 6.20 Å². The summed E-state index contributed by atoms with van der Waals surface area (Å²) in [5.41, 5.74) is 5.29. The van der Waals surface area contributed by atoms with Crippen LogP contribution >= 0.6 is 11.6 Å². The van der Waals surface area contributed by atoms with Crippen LogP contribution in [0.2, 0.25) is 0 Å². The molecule has 3 aliphatic rings. The quantitative estimate of drug-likeness (QED) is 0.301. The Bertz CT molecular complexity index is 1370. The molecule has 2 fully saturated rings. The fourth-order valence-electron chi connectivity index (χ4n) is 6.25. The zero-order valence-corrected chi connectivity index (χ0v) is 24.9. The highest BCUT2D eigenvalue weighted by Gasteiger charge is 2.34. The van der Waals surface area contributed by atoms with E-state index >= 15 is 0 Å². The first-order valence-electron chi connectivity index (χ1n) is 15.0. The number of hydrogen-bond acceptors (Lipinski definition) is 3. The van der Waals surface area contributed by atoms with Gasteiger partial charge >= 0.3 is 0 Å². The SMILES string of the molecule is CC.O=C(c1cnn(C2=CC=C(Cl)CC2)c1C1CCN(Cc2ccc(F)cc2)CC1)N1CCC(c2ccccc2)C1. The van der Waals surface area contributed by atoms with Crippen LogP contribution in [0.1, 0.15) is 85.0 Å². The summed E-state index contributed by atoms with van der Waals surface area (Å²) in [7, 11) is 0. The van der Waals surface area contributed by atoms with E-state index < -0.39 is 0 Å². The minimum atomic E-state index is -0.204. The number of carbonyl (C=O) groups is 1. The van der Waals surface area contributed by atoms with E-state index in [0.717, 1.165) is 92.4 Å². The second-order valence-corrected chi connectivity index (χ2v) is 11.4. The number of amides is 1. The molecule has 1 amide bonds. The zero-order valence-electron chi connectivity index (χ0n) is 24.1. The molecule has 1 aliphatic carbocycles. The van der Waals surface area contributed by atoms with Crippen LogP contribution in [0.15, 0.2) is 78.0 Å². The highest BCUT2D eigenvalue weighted by molar-refractivity contribution is 6.29. The van der Waals surface area contributed by atoms with Gasteiger partial charge in [0.15, 0.2) is 0 Å². The number of halogens is 2. The fraction of sp³-hybridized carbons (Fsp3) is 0.412. The van der Waals surface area contributed by atoms with Gasteiger partial charge < -0.3 is 4.90 Å². The number of hydrogen-bond donors (Lipinski definition) is 0. The fourth-order valence-corrected chi connectivity index (χ4v) is 6.40. The van der Waals surface area contributed by atoms with E-state index in [4.69, 9.17) is 16.7 Å². The highest BCUT2D eigenvalue weighted by Crippen LogP contribution is 2.36. The molecule has 7 heteroatoms. The number of allylic oxidation sites excluding steroid dienone is 4. The third kappa shape index (κ3) is 6.82. The van der Waals surface area contributed by atoms with Crippen molar-refractivity contribution >= 4 is 23.2 Å². The van der Waals surface area contributed by atoms with Crippen LogP contribution in [0.3, 0.4) is 0 Å². The Morgan fingerprint density at radius 1 is 0.927 bits per heavy atom. The molecule has 41 heavy (non-hydrogen) atoms. The molecule has 1 unspecified atom stereocenters. The van der Waals surface area contributed by atoms with E-state index in [0.29, 0.717) is 5.92 Å². The van der Waals surface area contributed by atoms with Gasteiger partial charge in [-0.2, -0.15) is 5.10 Å². The molecule has 0 saturated carbocycles. The van der Waals surface area contributed by atoms with Gasteiger partial charge in [-0.3, -0.25) is 9.69 Å². The van der Waals surface area contributed by atoms with E-state index in [9.17, 15) is 9.18 Å². The van der Waals surface area contributed by atoms with Crippen LogP contribution in [-0.2, 0) is 6.54 Å². The van der Waals surface area contributed by atoms with Crippen molar-refractivity contribution in [3.05, 3.63) is 106 Å². The Kier molecular flexibility index (Phi) is 9.73. The third-order valence-electron chi connectivity index (χ3n) is 8.43. The zero-order chi connectivity index (χ0) is 28.8. The Balaban J connectivity index is 0.00000165. The standard InChI is InChI=1S/C32H34ClFN4O.C2H6/c33-27-8-12-29(13-9-27)38-31(25-14-17-36(18-15-25)21-23-6-10-28(34)11-7-23)30(20-35-38)32(39)37-19-16-26(22-37)24-4-2-1-3-5-24;1-2/h1-8,10-12,20,25-26H,9,13-19,21-22H2;1-2H3. The van der Waals surface area contributed by atoms with Gasteiger partial charge in [0.05, 0.1) is 17.5 Å². The molecular weight excluding hydrogens is 535 g/mol. The molecule has 6 rings (SSSR count). The second kappa shape index (κ2) is 13.6. The normalized spacial score (nSPS) is 19.8. The van der Waals surface area contributed by atoms with Crippen LogP contribution in [0, 0.1) is 5.82 Å². The van der Waals surface area contributed by atoms with Crippen molar-refractivity contribution in [3.8, 4) is 0 Å². The molecule has 0 spiro atoms. The molecule has 0 N–H and O–H groups in total. The lowest BCUT2D eigenvalue weighted by atomic mass is 9.90. The topological polar surface area (TPSA) is 41.4 Å². The average Bonchev–Trinajstić information content (AvgIpc) is 3.69. The Morgan fingerprint density at radius 2 is 1.63 bits per heavy atom. The Hall–Kier alpha value is -3.22. The predicted octanol–water partition coefficient (Wildman–Crippen LogP) is 7.82. The lowest BCUT2D eigenvalue weighted by molar-refractivity contribution is 0.0788. The Labute approximate surface area is 248 Å². The van der Waals surface area contributed by atoms with E-state index in [2.05, 4.69) is 29.2 Å². The number of rotatable bonds is 6. The summed E-state index contributed by atoms with van der Waals surface area (Å²) >= 11 is 6.25. The summed E-state index contributed by atoms with van der Waals surface area (Å²) in [6, 6.07) is 17.3. The molecule has 1 aromatic heterocycles. The number of aromatic nitrogens is 2. The summed E-state index contributed by atoms with van der Waals surface area (Å²) < 4.78 is 15.4. The molecule has 2 saturated heterocycles. The van der Waals surface area contributed by atoms with Crippen LogP contribution in [0.25, 0.3) is 5.70 Å². The van der Waals surface area contributed by atoms with Gasteiger partial charge in [0.1, 0.15) is 5.82 Å². The van der Waals surface area contributed by atoms with Crippen molar-refractivity contribution in [2.75, 3.05) is 26.2 Å². The molecule has 2 aromatic carbocycles. The van der Waals surface area contributed by atoms with Crippen molar-refractivity contribution < 1.29 is 9.18 Å². The summed E-state index contributed by atoms with van der Waals surface area (Å²) in [5, 5.41) is 5.63. The number of likely N-dealkylation sites (tertiary alicyclic amines) is 2. The summed E-state index contributed by atoms with van der Waals surface area (Å²) in [4.78, 5) is 18.4. The Morgan fingerprint density at radius 3 is 2.32 bits per heavy atom. The summed E-state index contributed by atoms with van der Waals surface area (Å²) in [6.45, 7) is 8.16. The van der Waals surface area contributed by atoms with Crippen LogP contribution < -0.4 is 0 Å². The molecule has 0 bridgehead atoms. The maximum absolute atomic E-state index is 13.9. The monoisotopic (exact) mass is 574 g/mol. The molecule has 5 nitrogen and oxygen atoms in total. The summed E-state index contributed by atoms with van der Waals surface area (Å²) in [6.07, 6.45) is 10.3. The van der Waals surface area contributed by atoms with E-state index in [1.807, 2.05) is 53.8 Å². The first-order valence-corrected chi connectivity index (χ1v) is 15.4. The lowest BCUT2D eigenvalue weighted by Crippen LogP contribution is -2.34. The van der Waals surface area contributed by atoms with Crippen molar-refractivity contribution in [1.82, 2.24) is 19.6 Å². The van der Waals surface area contributed by atoms with E-state index in [-0.39, 0.29) is 17.6 Å². The molecule has 216 valence electrons. The molecule has 3 aromatic rings. The minimum Gasteiger partial charge on any atom is -0.338 e. The van der Waals surface area contributed by atoms with Crippen molar-refractivity contribution in [2.24, 2.45) is 0 Å². The second-order valence-electron chi connectivity index (χ2n) is 11.0. The van der Waals surface area contributed by atoms with E-state index in [1.165, 1.54) is 17.7 Å². The molecule has 1 atom stereocenters. The van der Waals surface area contributed by atoms with Gasteiger partial charge in [-0.05, 0) is 80.6 Å². The van der Waals surface area contributed by atoms with Gasteiger partial charge in [-0.15, -0.1) is 0 Å². The maximum Gasteiger partial charge on any atom is 0.257 e. The van der Waals surface area contributed by atoms with Gasteiger partial charge in [0.25, 0.3) is 5.91 Å². The number of piperidine rings is 1. The average molecular weight is 575 g/mol. The first kappa shape index (κ1) is 29.3. The maximum atomic E-state index is 13.9. The summed E-state index contributed by atoms with van der Waals surface area (Å²) in [5.74, 6) is 0.500. The molecule has 0 radical (unpaired) electrons. The van der Waals surface area contributed by atoms with Crippen molar-refractivity contribution in [3.63, 3.8) is 0 Å². The lowest BCUT2D eigenvalue weighted by Gasteiger charge is -2.33. The predicted molar refractivity (Wildman–Crippen MR) is 164 cm³/mol. The van der Waals surface area contributed by atoms with Gasteiger partial charge in [0.2, 0.25) is 0 Å². The largest absolute Gasteiger partial charge is 0.338 e. The highest BCUT2D eigenvalue weighted by atomic mass is 35.5. The van der Waals surface area contributed by atoms with Crippen LogP contribution in [-0.4, -0.2) is 51.7 Å². The smallest absolute Gasteiger partial charge is 0.257 e. The number of benzene rings is 2. The molecule has 2 aliphatic heterocycles. The van der Waals surface area contributed by atoms with Crippen molar-refractivity contribution in [1.29, 1.82) is 0 Å². The third-order valence-corrected chi connectivity index (χ3v) is 8.74. The number of carbonyl (C=O) groups excluding carboxylic acids is 1. The van der Waals surface area contributed by atoms with Gasteiger partial charge in [-0.25, -0.2) is 9.07 Å². The first-order chi connectivity index (χ1) is 20.0. The van der Waals surface area contributed by atoms with Crippen LogP contribution in [0.5, 0.6) is 0 Å².